The summed E-state index contributed by atoms with van der Waals surface area (Å²) in [5.74, 6) is -4.80. The van der Waals surface area contributed by atoms with Crippen LogP contribution in [0, 0.1) is 5.82 Å². The van der Waals surface area contributed by atoms with Crippen molar-refractivity contribution < 1.29 is 18.0 Å². The maximum absolute atomic E-state index is 14.8. The Bertz CT molecular complexity index is 1180. The summed E-state index contributed by atoms with van der Waals surface area (Å²) < 4.78 is 45.6. The topological polar surface area (TPSA) is 97.0 Å². The molecule has 1 fully saturated rings. The number of carbonyl (C=O) groups is 1. The van der Waals surface area contributed by atoms with Crippen LogP contribution in [0.2, 0.25) is 0 Å². The number of aryl methyl sites for hydroxylation is 1. The van der Waals surface area contributed by atoms with Gasteiger partial charge in [-0.2, -0.15) is 0 Å². The van der Waals surface area contributed by atoms with E-state index in [-0.39, 0.29) is 23.6 Å². The number of nitrogens with zero attached hydrogens (tertiary/aromatic N) is 2. The molecule has 2 aromatic heterocycles. The summed E-state index contributed by atoms with van der Waals surface area (Å²) in [4.78, 5) is 16.3. The molecule has 3 aromatic rings. The molecule has 0 spiro atoms. The molecule has 2 atom stereocenters. The van der Waals surface area contributed by atoms with Gasteiger partial charge in [-0.05, 0) is 51.1 Å². The van der Waals surface area contributed by atoms with Gasteiger partial charge in [0.2, 0.25) is 0 Å². The van der Waals surface area contributed by atoms with Gasteiger partial charge in [-0.3, -0.25) is 4.79 Å². The van der Waals surface area contributed by atoms with Crippen molar-refractivity contribution in [1.82, 2.24) is 14.9 Å². The fraction of sp³-hybridized carbons (Fsp3) is 0.391. The highest BCUT2D eigenvalue weighted by molar-refractivity contribution is 6.01. The van der Waals surface area contributed by atoms with Crippen LogP contribution in [0.4, 0.5) is 30.5 Å². The van der Waals surface area contributed by atoms with Crippen molar-refractivity contribution in [3.05, 3.63) is 47.9 Å². The third kappa shape index (κ3) is 4.35. The number of nitrogens with two attached hydrogens (primary N) is 1. The lowest BCUT2D eigenvalue weighted by Gasteiger charge is -2.38. The van der Waals surface area contributed by atoms with Crippen LogP contribution in [-0.4, -0.2) is 40.5 Å². The molecule has 1 amide bonds. The Labute approximate surface area is 189 Å². The van der Waals surface area contributed by atoms with Crippen molar-refractivity contribution >= 4 is 34.1 Å². The molecular formula is C23H27F3N6O. The second-order valence-electron chi connectivity index (χ2n) is 8.21. The van der Waals surface area contributed by atoms with Gasteiger partial charge < -0.3 is 26.3 Å². The largest absolute Gasteiger partial charge is 0.365 e. The van der Waals surface area contributed by atoms with Gasteiger partial charge in [-0.25, -0.2) is 18.2 Å². The summed E-state index contributed by atoms with van der Waals surface area (Å²) >= 11 is 0. The van der Waals surface area contributed by atoms with E-state index in [1.165, 1.54) is 7.05 Å². The molecule has 0 saturated heterocycles. The number of pyridine rings is 1. The number of hydrogen-bond acceptors (Lipinski definition) is 5. The first-order chi connectivity index (χ1) is 15.7. The molecule has 0 radical (unpaired) electrons. The van der Waals surface area contributed by atoms with Crippen LogP contribution in [0.25, 0.3) is 10.9 Å². The maximum Gasteiger partial charge on any atom is 0.265 e. The van der Waals surface area contributed by atoms with Crippen molar-refractivity contribution in [1.29, 1.82) is 0 Å². The lowest BCUT2D eigenvalue weighted by molar-refractivity contribution is -0.0654. The molecule has 1 aromatic carbocycles. The SMILES string of the molecule is CCn1ccc2c(Nc3nc(N[C@@H]4CCCC(F)(F)[C@@H]4NC)c(F)cc3C(N)=O)cccc21. The maximum atomic E-state index is 14.8. The monoisotopic (exact) mass is 460 g/mol. The third-order valence-electron chi connectivity index (χ3n) is 6.16. The number of nitrogens with one attached hydrogen (secondary N) is 3. The minimum absolute atomic E-state index is 0.0479. The van der Waals surface area contributed by atoms with E-state index >= 15 is 0 Å². The highest BCUT2D eigenvalue weighted by Gasteiger charge is 2.46. The average Bonchev–Trinajstić information content (AvgIpc) is 3.19. The number of likely N-dealkylation sites (N-methyl/N-ethyl adjacent to an activating group) is 1. The highest BCUT2D eigenvalue weighted by Crippen LogP contribution is 2.36. The first kappa shape index (κ1) is 22.9. The van der Waals surface area contributed by atoms with Gasteiger partial charge >= 0.3 is 0 Å². The summed E-state index contributed by atoms with van der Waals surface area (Å²) in [5, 5.41) is 9.44. The van der Waals surface area contributed by atoms with E-state index in [4.69, 9.17) is 5.73 Å². The molecule has 2 heterocycles. The zero-order valence-electron chi connectivity index (χ0n) is 18.5. The molecule has 33 heavy (non-hydrogen) atoms. The third-order valence-corrected chi connectivity index (χ3v) is 6.16. The minimum atomic E-state index is -2.93. The van der Waals surface area contributed by atoms with Crippen molar-refractivity contribution in [2.45, 2.75) is 50.7 Å². The fourth-order valence-electron chi connectivity index (χ4n) is 4.53. The molecule has 0 unspecified atom stereocenters. The second kappa shape index (κ2) is 8.93. The molecule has 0 bridgehead atoms. The van der Waals surface area contributed by atoms with E-state index < -0.39 is 29.7 Å². The first-order valence-electron chi connectivity index (χ1n) is 10.9. The van der Waals surface area contributed by atoms with Gasteiger partial charge in [0.25, 0.3) is 11.8 Å². The zero-order valence-corrected chi connectivity index (χ0v) is 18.5. The highest BCUT2D eigenvalue weighted by atomic mass is 19.3. The number of anilines is 3. The number of halogens is 3. The van der Waals surface area contributed by atoms with Gasteiger partial charge in [-0.1, -0.05) is 6.07 Å². The van der Waals surface area contributed by atoms with Crippen LogP contribution in [0.1, 0.15) is 36.5 Å². The number of primary amides is 1. The van der Waals surface area contributed by atoms with Crippen molar-refractivity contribution in [2.75, 3.05) is 17.7 Å². The number of amides is 1. The molecule has 1 aliphatic rings. The molecule has 7 nitrogen and oxygen atoms in total. The van der Waals surface area contributed by atoms with Gasteiger partial charge in [0.1, 0.15) is 5.82 Å². The van der Waals surface area contributed by atoms with Crippen LogP contribution in [0.15, 0.2) is 36.5 Å². The summed E-state index contributed by atoms with van der Waals surface area (Å²) in [6, 6.07) is 6.61. The Kier molecular flexibility index (Phi) is 6.20. The van der Waals surface area contributed by atoms with Crippen LogP contribution in [0.3, 0.4) is 0 Å². The normalized spacial score (nSPS) is 20.0. The molecule has 176 valence electrons. The lowest BCUT2D eigenvalue weighted by Crippen LogP contribution is -2.56. The van der Waals surface area contributed by atoms with E-state index in [1.807, 2.05) is 37.4 Å². The van der Waals surface area contributed by atoms with Gasteiger partial charge in [-0.15, -0.1) is 0 Å². The van der Waals surface area contributed by atoms with Crippen molar-refractivity contribution in [3.63, 3.8) is 0 Å². The van der Waals surface area contributed by atoms with Crippen LogP contribution >= 0.6 is 0 Å². The summed E-state index contributed by atoms with van der Waals surface area (Å²) in [7, 11) is 1.45. The van der Waals surface area contributed by atoms with Crippen LogP contribution in [0.5, 0.6) is 0 Å². The standard InChI is InChI=1S/C23H27F3N6O/c1-3-32-11-9-13-16(6-4-8-18(13)32)29-21-14(20(27)33)12-15(24)22(31-21)30-17-7-5-10-23(25,26)19(17)28-2/h4,6,8-9,11-12,17,19,28H,3,5,7,10H2,1-2H3,(H2,27,33)(H2,29,30,31)/t17-,19-/m1/s1. The quantitative estimate of drug-likeness (QED) is 0.423. The van der Waals surface area contributed by atoms with E-state index in [0.29, 0.717) is 18.5 Å². The number of rotatable bonds is 7. The van der Waals surface area contributed by atoms with E-state index in [1.54, 1.807) is 0 Å². The van der Waals surface area contributed by atoms with Crippen molar-refractivity contribution in [2.24, 2.45) is 5.73 Å². The summed E-state index contributed by atoms with van der Waals surface area (Å²) in [6.45, 7) is 2.80. The minimum Gasteiger partial charge on any atom is -0.365 e. The number of hydrogen-bond donors (Lipinski definition) is 4. The first-order valence-corrected chi connectivity index (χ1v) is 10.9. The van der Waals surface area contributed by atoms with Crippen molar-refractivity contribution in [3.8, 4) is 0 Å². The number of alkyl halides is 2. The Morgan fingerprint density at radius 3 is 2.79 bits per heavy atom. The molecule has 4 rings (SSSR count). The molecule has 0 aliphatic heterocycles. The Morgan fingerprint density at radius 2 is 2.09 bits per heavy atom. The second-order valence-corrected chi connectivity index (χ2v) is 8.21. The van der Waals surface area contributed by atoms with E-state index in [0.717, 1.165) is 23.5 Å². The zero-order chi connectivity index (χ0) is 23.8. The fourth-order valence-corrected chi connectivity index (χ4v) is 4.53. The Hall–Kier alpha value is -3.27. The number of fused-ring (bicyclic) bond motifs is 1. The Morgan fingerprint density at radius 1 is 1.30 bits per heavy atom. The van der Waals surface area contributed by atoms with E-state index in [9.17, 15) is 18.0 Å². The predicted octanol–water partition coefficient (Wildman–Crippen LogP) is 4.23. The Balaban J connectivity index is 1.71. The lowest BCUT2D eigenvalue weighted by atomic mass is 9.87. The average molecular weight is 461 g/mol. The molecular weight excluding hydrogens is 433 g/mol. The van der Waals surface area contributed by atoms with E-state index in [2.05, 4.69) is 25.5 Å². The van der Waals surface area contributed by atoms with Crippen LogP contribution in [-0.2, 0) is 6.54 Å². The number of benzene rings is 1. The summed E-state index contributed by atoms with van der Waals surface area (Å²) in [6.07, 6.45) is 2.43. The van der Waals surface area contributed by atoms with Crippen LogP contribution < -0.4 is 21.7 Å². The van der Waals surface area contributed by atoms with Gasteiger partial charge in [0.15, 0.2) is 11.6 Å². The molecule has 5 N–H and O–H groups in total. The predicted molar refractivity (Wildman–Crippen MR) is 123 cm³/mol. The molecule has 1 aliphatic carbocycles. The number of aromatic nitrogens is 2. The molecule has 10 heteroatoms. The summed E-state index contributed by atoms with van der Waals surface area (Å²) in [5.41, 5.74) is 6.97. The number of carbonyl (C=O) groups excluding carboxylic acids is 1. The van der Waals surface area contributed by atoms with Gasteiger partial charge in [0, 0.05) is 36.3 Å². The van der Waals surface area contributed by atoms with Gasteiger partial charge in [0.05, 0.1) is 17.1 Å². The molecule has 1 saturated carbocycles. The smallest absolute Gasteiger partial charge is 0.265 e.